The van der Waals surface area contributed by atoms with Crippen molar-refractivity contribution < 1.29 is 4.79 Å². The minimum absolute atomic E-state index is 0.700. The van der Waals surface area contributed by atoms with E-state index >= 15 is 0 Å². The fraction of sp³-hybridized carbons (Fsp3) is 0.0625. The Morgan fingerprint density at radius 1 is 0.947 bits per heavy atom. The van der Waals surface area contributed by atoms with Crippen molar-refractivity contribution in [2.75, 3.05) is 0 Å². The van der Waals surface area contributed by atoms with Crippen molar-refractivity contribution in [3.8, 4) is 0 Å². The molecule has 1 nitrogen and oxygen atoms in total. The molecule has 0 N–H and O–H groups in total. The van der Waals surface area contributed by atoms with E-state index in [-0.39, 0.29) is 0 Å². The lowest BCUT2D eigenvalue weighted by Gasteiger charge is -2.00. The third kappa shape index (κ3) is 2.57. The fourth-order valence-corrected chi connectivity index (χ4v) is 4.26. The molecule has 0 aliphatic carbocycles. The van der Waals surface area contributed by atoms with Crippen LogP contribution in [0.4, 0.5) is 0 Å². The number of thioether (sulfide) groups is 1. The number of carbonyl (C=O) groups excluding carboxylic acids is 1. The number of hydrogen-bond acceptors (Lipinski definition) is 3. The van der Waals surface area contributed by atoms with Crippen molar-refractivity contribution in [1.29, 1.82) is 0 Å². The lowest BCUT2D eigenvalue weighted by Crippen LogP contribution is -1.77. The van der Waals surface area contributed by atoms with Crippen molar-refractivity contribution in [2.24, 2.45) is 0 Å². The molecular weight excluding hydrogens is 272 g/mol. The average molecular weight is 283 g/mol. The Hall–Kier alpha value is -1.58. The van der Waals surface area contributed by atoms with Gasteiger partial charge in [0.1, 0.15) is 0 Å². The lowest BCUT2D eigenvalue weighted by molar-refractivity contribution is 0.564. The molecule has 1 aromatic heterocycles. The topological polar surface area (TPSA) is 17.1 Å². The van der Waals surface area contributed by atoms with E-state index in [4.69, 9.17) is 0 Å². The largest absolute Gasteiger partial charge is 0.284 e. The second kappa shape index (κ2) is 5.59. The molecule has 19 heavy (non-hydrogen) atoms. The van der Waals surface area contributed by atoms with Crippen molar-refractivity contribution in [1.82, 2.24) is 0 Å². The predicted octanol–water partition coefficient (Wildman–Crippen LogP) is 4.65. The van der Waals surface area contributed by atoms with E-state index in [0.717, 1.165) is 16.5 Å². The number of hydrogen-bond donors (Lipinski definition) is 0. The van der Waals surface area contributed by atoms with E-state index in [0.29, 0.717) is 4.88 Å². The van der Waals surface area contributed by atoms with Crippen LogP contribution in [0.15, 0.2) is 58.8 Å². The van der Waals surface area contributed by atoms with E-state index in [2.05, 4.69) is 18.2 Å². The monoisotopic (exact) mass is 283 g/mol. The van der Waals surface area contributed by atoms with Gasteiger partial charge >= 0.3 is 0 Å². The van der Waals surface area contributed by atoms with Crippen molar-refractivity contribution in [3.05, 3.63) is 65.0 Å². The zero-order valence-electron chi connectivity index (χ0n) is 10.1. The van der Waals surface area contributed by atoms with Crippen LogP contribution in [-0.2, 0) is 10.5 Å². The minimum Gasteiger partial charge on any atom is -0.284 e. The average Bonchev–Trinajstić information content (AvgIpc) is 2.84. The summed E-state index contributed by atoms with van der Waals surface area (Å²) in [4.78, 5) is 11.7. The Balaban J connectivity index is 1.91. The van der Waals surface area contributed by atoms with Crippen molar-refractivity contribution in [2.45, 2.75) is 9.96 Å². The van der Waals surface area contributed by atoms with Crippen molar-refractivity contribution in [3.63, 3.8) is 0 Å². The molecular formula is C16H11OS2. The molecule has 0 fully saturated rings. The molecule has 3 aromatic rings. The van der Waals surface area contributed by atoms with Gasteiger partial charge in [-0.25, -0.2) is 0 Å². The van der Waals surface area contributed by atoms with Gasteiger partial charge in [-0.05, 0) is 5.56 Å². The van der Waals surface area contributed by atoms with Crippen LogP contribution in [0.3, 0.4) is 0 Å². The molecule has 0 spiro atoms. The zero-order chi connectivity index (χ0) is 13.1. The molecule has 0 bridgehead atoms. The van der Waals surface area contributed by atoms with Crippen LogP contribution in [0.1, 0.15) is 10.4 Å². The molecule has 0 amide bonds. The molecule has 1 heterocycles. The molecule has 1 radical (unpaired) electrons. The summed E-state index contributed by atoms with van der Waals surface area (Å²) >= 11 is 3.31. The third-order valence-electron chi connectivity index (χ3n) is 2.89. The quantitative estimate of drug-likeness (QED) is 0.648. The Kier molecular flexibility index (Phi) is 3.67. The maximum Gasteiger partial charge on any atom is 0.244 e. The van der Waals surface area contributed by atoms with Crippen molar-refractivity contribution >= 4 is 40.2 Å². The third-order valence-corrected chi connectivity index (χ3v) is 5.37. The first-order valence-electron chi connectivity index (χ1n) is 5.95. The highest BCUT2D eigenvalue weighted by molar-refractivity contribution is 8.00. The second-order valence-electron chi connectivity index (χ2n) is 4.14. The van der Waals surface area contributed by atoms with Gasteiger partial charge < -0.3 is 0 Å². The van der Waals surface area contributed by atoms with Gasteiger partial charge in [-0.2, -0.15) is 0 Å². The van der Waals surface area contributed by atoms with Gasteiger partial charge in [0.25, 0.3) is 0 Å². The SMILES string of the molecule is O=[C]c1sc(SCc2ccccc2)c2ccccc12. The highest BCUT2D eigenvalue weighted by Gasteiger charge is 2.11. The Bertz CT molecular complexity index is 701. The maximum absolute atomic E-state index is 11.0. The summed E-state index contributed by atoms with van der Waals surface area (Å²) in [5, 5.41) is 2.17. The first kappa shape index (κ1) is 12.5. The van der Waals surface area contributed by atoms with E-state index in [1.807, 2.05) is 42.7 Å². The van der Waals surface area contributed by atoms with Crippen LogP contribution in [0.5, 0.6) is 0 Å². The molecule has 0 aliphatic rings. The van der Waals surface area contributed by atoms with Gasteiger partial charge in [0.15, 0.2) is 0 Å². The zero-order valence-corrected chi connectivity index (χ0v) is 11.8. The van der Waals surface area contributed by atoms with Crippen LogP contribution in [-0.4, -0.2) is 6.29 Å². The summed E-state index contributed by atoms with van der Waals surface area (Å²) in [5.74, 6) is 0.920. The Morgan fingerprint density at radius 2 is 1.63 bits per heavy atom. The van der Waals surface area contributed by atoms with Gasteiger partial charge in [0.05, 0.1) is 9.09 Å². The molecule has 0 atom stereocenters. The molecule has 0 unspecified atom stereocenters. The lowest BCUT2D eigenvalue weighted by atomic mass is 10.2. The van der Waals surface area contributed by atoms with Gasteiger partial charge in [-0.3, -0.25) is 4.79 Å². The normalized spacial score (nSPS) is 10.7. The summed E-state index contributed by atoms with van der Waals surface area (Å²) in [6.45, 7) is 0. The standard InChI is InChI=1S/C16H11OS2/c17-10-15-13-8-4-5-9-14(13)16(19-15)18-11-12-6-2-1-3-7-12/h1-9H,11H2. The molecule has 93 valence electrons. The number of rotatable bonds is 4. The molecule has 3 rings (SSSR count). The number of fused-ring (bicyclic) bond motifs is 1. The van der Waals surface area contributed by atoms with Gasteiger partial charge in [0, 0.05) is 16.5 Å². The number of benzene rings is 2. The second-order valence-corrected chi connectivity index (χ2v) is 6.41. The molecule has 0 saturated heterocycles. The van der Waals surface area contributed by atoms with Crippen LogP contribution >= 0.6 is 23.1 Å². The molecule has 0 aliphatic heterocycles. The summed E-state index contributed by atoms with van der Waals surface area (Å²) in [6, 6.07) is 18.4. The maximum atomic E-state index is 11.0. The summed E-state index contributed by atoms with van der Waals surface area (Å²) in [6.07, 6.45) is 2.04. The summed E-state index contributed by atoms with van der Waals surface area (Å²) < 4.78 is 1.19. The predicted molar refractivity (Wildman–Crippen MR) is 82.6 cm³/mol. The summed E-state index contributed by atoms with van der Waals surface area (Å²) in [7, 11) is 0. The van der Waals surface area contributed by atoms with Crippen LogP contribution in [0, 0.1) is 0 Å². The minimum atomic E-state index is 0.700. The highest BCUT2D eigenvalue weighted by Crippen LogP contribution is 2.38. The first-order chi connectivity index (χ1) is 9.38. The van der Waals surface area contributed by atoms with E-state index in [1.165, 1.54) is 21.1 Å². The van der Waals surface area contributed by atoms with Gasteiger partial charge in [-0.15, -0.1) is 23.1 Å². The Labute approximate surface area is 120 Å². The van der Waals surface area contributed by atoms with E-state index in [1.54, 1.807) is 11.8 Å². The van der Waals surface area contributed by atoms with Gasteiger partial charge in [0.2, 0.25) is 6.29 Å². The van der Waals surface area contributed by atoms with Crippen LogP contribution in [0.2, 0.25) is 0 Å². The van der Waals surface area contributed by atoms with E-state index < -0.39 is 0 Å². The van der Waals surface area contributed by atoms with Crippen LogP contribution in [0.25, 0.3) is 10.8 Å². The fourth-order valence-electron chi connectivity index (χ4n) is 1.97. The Morgan fingerprint density at radius 3 is 2.37 bits per heavy atom. The first-order valence-corrected chi connectivity index (χ1v) is 7.75. The molecule has 3 heteroatoms. The van der Waals surface area contributed by atoms with Gasteiger partial charge in [-0.1, -0.05) is 54.6 Å². The highest BCUT2D eigenvalue weighted by atomic mass is 32.2. The molecule has 2 aromatic carbocycles. The molecule has 0 saturated carbocycles. The number of thiophene rings is 1. The smallest absolute Gasteiger partial charge is 0.244 e. The summed E-state index contributed by atoms with van der Waals surface area (Å²) in [5.41, 5.74) is 1.29. The van der Waals surface area contributed by atoms with Crippen LogP contribution < -0.4 is 0 Å². The van der Waals surface area contributed by atoms with E-state index in [9.17, 15) is 4.79 Å².